The zero-order chi connectivity index (χ0) is 11.7. The number of nitro groups is 1. The van der Waals surface area contributed by atoms with Crippen LogP contribution in [0.1, 0.15) is 0 Å². The Labute approximate surface area is 103 Å². The lowest BCUT2D eigenvalue weighted by atomic mass is 10.1. The predicted molar refractivity (Wildman–Crippen MR) is 61.3 cm³/mol. The number of nitro benzene ring substituents is 1. The van der Waals surface area contributed by atoms with Crippen LogP contribution in [0.25, 0.3) is 11.3 Å². The Morgan fingerprint density at radius 3 is 2.75 bits per heavy atom. The highest BCUT2D eigenvalue weighted by atomic mass is 79.9. The van der Waals surface area contributed by atoms with Gasteiger partial charge in [0.2, 0.25) is 0 Å². The Kier molecular flexibility index (Phi) is 2.93. The van der Waals surface area contributed by atoms with E-state index in [1.165, 1.54) is 18.3 Å². The second kappa shape index (κ2) is 4.23. The highest BCUT2D eigenvalue weighted by Crippen LogP contribution is 2.29. The second-order valence-corrected chi connectivity index (χ2v) is 4.17. The van der Waals surface area contributed by atoms with Crippen molar-refractivity contribution in [1.82, 2.24) is 4.98 Å². The average Bonchev–Trinajstić information content (AvgIpc) is 2.64. The summed E-state index contributed by atoms with van der Waals surface area (Å²) in [5, 5.41) is 10.7. The van der Waals surface area contributed by atoms with Crippen molar-refractivity contribution in [3.05, 3.63) is 44.3 Å². The molecule has 0 aliphatic heterocycles. The van der Waals surface area contributed by atoms with Crippen LogP contribution in [0.3, 0.4) is 0 Å². The minimum absolute atomic E-state index is 0.00220. The SMILES string of the molecule is O=[N+]([O-])c1cc(Br)cc(-c2cnc(Cl)o2)c1. The van der Waals surface area contributed by atoms with Gasteiger partial charge in [-0.1, -0.05) is 15.9 Å². The van der Waals surface area contributed by atoms with E-state index in [9.17, 15) is 10.1 Å². The molecule has 0 spiro atoms. The molecular weight excluding hydrogens is 299 g/mol. The molecule has 82 valence electrons. The number of benzene rings is 1. The molecule has 1 aromatic carbocycles. The fourth-order valence-corrected chi connectivity index (χ4v) is 1.82. The van der Waals surface area contributed by atoms with Gasteiger partial charge in [0.1, 0.15) is 0 Å². The van der Waals surface area contributed by atoms with Crippen molar-refractivity contribution >= 4 is 33.2 Å². The largest absolute Gasteiger partial charge is 0.428 e. The maximum atomic E-state index is 10.7. The predicted octanol–water partition coefficient (Wildman–Crippen LogP) is 3.67. The first kappa shape index (κ1) is 11.1. The van der Waals surface area contributed by atoms with E-state index in [1.54, 1.807) is 6.07 Å². The minimum Gasteiger partial charge on any atom is -0.428 e. The molecule has 16 heavy (non-hydrogen) atoms. The lowest BCUT2D eigenvalue weighted by Gasteiger charge is -1.98. The molecule has 0 aliphatic carbocycles. The number of aromatic nitrogens is 1. The van der Waals surface area contributed by atoms with E-state index in [0.29, 0.717) is 15.8 Å². The number of rotatable bonds is 2. The molecule has 7 heteroatoms. The Bertz CT molecular complexity index is 555. The molecule has 2 aromatic rings. The summed E-state index contributed by atoms with van der Waals surface area (Å²) in [5.41, 5.74) is 0.511. The van der Waals surface area contributed by atoms with Gasteiger partial charge < -0.3 is 4.42 Å². The summed E-state index contributed by atoms with van der Waals surface area (Å²) < 4.78 is 5.66. The molecule has 0 N–H and O–H groups in total. The monoisotopic (exact) mass is 302 g/mol. The zero-order valence-corrected chi connectivity index (χ0v) is 10.0. The van der Waals surface area contributed by atoms with Crippen LogP contribution >= 0.6 is 27.5 Å². The third-order valence-electron chi connectivity index (χ3n) is 1.86. The summed E-state index contributed by atoms with van der Waals surface area (Å²) in [6.07, 6.45) is 1.41. The van der Waals surface area contributed by atoms with E-state index in [-0.39, 0.29) is 11.0 Å². The number of nitrogens with zero attached hydrogens (tertiary/aromatic N) is 2. The summed E-state index contributed by atoms with van der Waals surface area (Å²) in [4.78, 5) is 13.9. The van der Waals surface area contributed by atoms with Crippen molar-refractivity contribution in [2.24, 2.45) is 0 Å². The molecule has 0 fully saturated rings. The summed E-state index contributed by atoms with van der Waals surface area (Å²) in [6, 6.07) is 4.48. The highest BCUT2D eigenvalue weighted by molar-refractivity contribution is 9.10. The first-order valence-electron chi connectivity index (χ1n) is 4.13. The smallest absolute Gasteiger partial charge is 0.292 e. The molecule has 0 unspecified atom stereocenters. The van der Waals surface area contributed by atoms with Gasteiger partial charge >= 0.3 is 0 Å². The molecule has 0 saturated carbocycles. The highest BCUT2D eigenvalue weighted by Gasteiger charge is 2.12. The van der Waals surface area contributed by atoms with Crippen molar-refractivity contribution in [3.8, 4) is 11.3 Å². The number of halogens is 2. The van der Waals surface area contributed by atoms with Crippen LogP contribution < -0.4 is 0 Å². The van der Waals surface area contributed by atoms with Crippen LogP contribution in [-0.4, -0.2) is 9.91 Å². The summed E-state index contributed by atoms with van der Waals surface area (Å²) in [6.45, 7) is 0. The van der Waals surface area contributed by atoms with Crippen molar-refractivity contribution in [2.45, 2.75) is 0 Å². The number of hydrogen-bond acceptors (Lipinski definition) is 4. The van der Waals surface area contributed by atoms with E-state index in [0.717, 1.165) is 0 Å². The number of oxazole rings is 1. The molecule has 0 radical (unpaired) electrons. The summed E-state index contributed by atoms with van der Waals surface area (Å²) in [7, 11) is 0. The van der Waals surface area contributed by atoms with Gasteiger partial charge in [0, 0.05) is 22.2 Å². The molecule has 0 aliphatic rings. The van der Waals surface area contributed by atoms with Crippen LogP contribution in [0.2, 0.25) is 5.35 Å². The molecule has 5 nitrogen and oxygen atoms in total. The van der Waals surface area contributed by atoms with Gasteiger partial charge in [-0.05, 0) is 17.7 Å². The van der Waals surface area contributed by atoms with E-state index in [1.807, 2.05) is 0 Å². The standard InChI is InChI=1S/C9H4BrClN2O3/c10-6-1-5(2-7(3-6)13(14)15)8-4-12-9(11)16-8/h1-4H. The van der Waals surface area contributed by atoms with E-state index >= 15 is 0 Å². The minimum atomic E-state index is -0.480. The third kappa shape index (κ3) is 2.23. The number of hydrogen-bond donors (Lipinski definition) is 0. The van der Waals surface area contributed by atoms with Crippen LogP contribution in [0, 0.1) is 10.1 Å². The quantitative estimate of drug-likeness (QED) is 0.627. The van der Waals surface area contributed by atoms with Crippen LogP contribution in [0.5, 0.6) is 0 Å². The van der Waals surface area contributed by atoms with Crippen molar-refractivity contribution in [1.29, 1.82) is 0 Å². The van der Waals surface area contributed by atoms with Gasteiger partial charge in [0.25, 0.3) is 11.0 Å². The maximum absolute atomic E-state index is 10.7. The first-order chi connectivity index (χ1) is 7.56. The van der Waals surface area contributed by atoms with E-state index < -0.39 is 4.92 Å². The Balaban J connectivity index is 2.53. The van der Waals surface area contributed by atoms with Gasteiger partial charge in [-0.2, -0.15) is 0 Å². The normalized spacial score (nSPS) is 10.4. The van der Waals surface area contributed by atoms with Crippen LogP contribution in [0.4, 0.5) is 5.69 Å². The Morgan fingerprint density at radius 1 is 1.44 bits per heavy atom. The lowest BCUT2D eigenvalue weighted by Crippen LogP contribution is -1.88. The van der Waals surface area contributed by atoms with E-state index in [2.05, 4.69) is 20.9 Å². The van der Waals surface area contributed by atoms with E-state index in [4.69, 9.17) is 16.0 Å². The molecule has 1 heterocycles. The Hall–Kier alpha value is -1.40. The lowest BCUT2D eigenvalue weighted by molar-refractivity contribution is -0.384. The molecule has 0 atom stereocenters. The summed E-state index contributed by atoms with van der Waals surface area (Å²) >= 11 is 8.71. The fraction of sp³-hybridized carbons (Fsp3) is 0. The van der Waals surface area contributed by atoms with Crippen molar-refractivity contribution in [2.75, 3.05) is 0 Å². The van der Waals surface area contributed by atoms with Gasteiger partial charge in [-0.3, -0.25) is 10.1 Å². The van der Waals surface area contributed by atoms with Crippen LogP contribution in [0.15, 0.2) is 33.3 Å². The number of non-ortho nitro benzene ring substituents is 1. The molecule has 2 rings (SSSR count). The van der Waals surface area contributed by atoms with Gasteiger partial charge in [0.15, 0.2) is 5.76 Å². The molecule has 0 bridgehead atoms. The van der Waals surface area contributed by atoms with Crippen molar-refractivity contribution in [3.63, 3.8) is 0 Å². The molecule has 1 aromatic heterocycles. The first-order valence-corrected chi connectivity index (χ1v) is 5.30. The average molecular weight is 303 g/mol. The topological polar surface area (TPSA) is 69.2 Å². The summed E-state index contributed by atoms with van der Waals surface area (Å²) in [5.74, 6) is 0.384. The van der Waals surface area contributed by atoms with Gasteiger partial charge in [-0.15, -0.1) is 0 Å². The molecular formula is C9H4BrClN2O3. The molecule has 0 saturated heterocycles. The van der Waals surface area contributed by atoms with Gasteiger partial charge in [-0.25, -0.2) is 4.98 Å². The zero-order valence-electron chi connectivity index (χ0n) is 7.68. The van der Waals surface area contributed by atoms with Crippen LogP contribution in [-0.2, 0) is 0 Å². The third-order valence-corrected chi connectivity index (χ3v) is 2.49. The molecule has 0 amide bonds. The Morgan fingerprint density at radius 2 is 2.19 bits per heavy atom. The fourth-order valence-electron chi connectivity index (χ4n) is 1.21. The van der Waals surface area contributed by atoms with Crippen molar-refractivity contribution < 1.29 is 9.34 Å². The van der Waals surface area contributed by atoms with Gasteiger partial charge in [0.05, 0.1) is 11.1 Å². The maximum Gasteiger partial charge on any atom is 0.292 e. The second-order valence-electron chi connectivity index (χ2n) is 2.93.